The maximum Gasteiger partial charge on any atom is 0.312 e. The summed E-state index contributed by atoms with van der Waals surface area (Å²) >= 11 is 0. The van der Waals surface area contributed by atoms with Crippen LogP contribution < -0.4 is 0 Å². The van der Waals surface area contributed by atoms with Gasteiger partial charge in [0, 0.05) is 6.42 Å². The zero-order valence-electron chi connectivity index (χ0n) is 8.08. The second kappa shape index (κ2) is 3.59. The number of esters is 2. The number of carbonyl (C=O) groups is 2. The molecule has 2 aliphatic rings. The van der Waals surface area contributed by atoms with E-state index in [1.54, 1.807) is 0 Å². The van der Waals surface area contributed by atoms with E-state index < -0.39 is 0 Å². The van der Waals surface area contributed by atoms with E-state index in [0.29, 0.717) is 6.42 Å². The van der Waals surface area contributed by atoms with Crippen LogP contribution in [0.5, 0.6) is 0 Å². The van der Waals surface area contributed by atoms with Crippen LogP contribution in [-0.2, 0) is 19.1 Å². The van der Waals surface area contributed by atoms with Crippen LogP contribution >= 0.6 is 0 Å². The molecule has 0 aromatic carbocycles. The van der Waals surface area contributed by atoms with Gasteiger partial charge >= 0.3 is 11.9 Å². The van der Waals surface area contributed by atoms with Crippen LogP contribution in [0.25, 0.3) is 0 Å². The Balaban J connectivity index is 1.95. The largest absolute Gasteiger partial charge is 0.462 e. The van der Waals surface area contributed by atoms with Crippen molar-refractivity contribution in [3.8, 4) is 0 Å². The van der Waals surface area contributed by atoms with Crippen molar-refractivity contribution in [2.75, 3.05) is 13.2 Å². The molecule has 0 atom stereocenters. The van der Waals surface area contributed by atoms with Gasteiger partial charge in [0.05, 0.1) is 5.41 Å². The third-order valence-electron chi connectivity index (χ3n) is 2.90. The Morgan fingerprint density at radius 3 is 2.43 bits per heavy atom. The molecular weight excluding hydrogens is 184 g/mol. The van der Waals surface area contributed by atoms with E-state index in [-0.39, 0.29) is 30.6 Å². The zero-order chi connectivity index (χ0) is 10.0. The Kier molecular flexibility index (Phi) is 2.44. The number of hydrogen-bond donors (Lipinski definition) is 0. The van der Waals surface area contributed by atoms with E-state index in [1.807, 2.05) is 0 Å². The number of ether oxygens (including phenoxy) is 2. The second-order valence-corrected chi connectivity index (χ2v) is 3.99. The van der Waals surface area contributed by atoms with E-state index in [1.165, 1.54) is 0 Å². The Morgan fingerprint density at radius 2 is 1.71 bits per heavy atom. The smallest absolute Gasteiger partial charge is 0.312 e. The van der Waals surface area contributed by atoms with Gasteiger partial charge in [0.25, 0.3) is 0 Å². The average Bonchev–Trinajstić information content (AvgIpc) is 2.92. The van der Waals surface area contributed by atoms with E-state index in [9.17, 15) is 9.59 Å². The first-order valence-electron chi connectivity index (χ1n) is 5.06. The Hall–Kier alpha value is -1.06. The van der Waals surface area contributed by atoms with E-state index in [2.05, 4.69) is 0 Å². The van der Waals surface area contributed by atoms with E-state index >= 15 is 0 Å². The molecule has 1 spiro atoms. The van der Waals surface area contributed by atoms with Crippen LogP contribution in [0.3, 0.4) is 0 Å². The van der Waals surface area contributed by atoms with E-state index in [4.69, 9.17) is 9.47 Å². The summed E-state index contributed by atoms with van der Waals surface area (Å²) in [6.07, 6.45) is 3.76. The minimum absolute atomic E-state index is 0.101. The highest BCUT2D eigenvalue weighted by Crippen LogP contribution is 2.51. The summed E-state index contributed by atoms with van der Waals surface area (Å²) in [7, 11) is 0. The summed E-state index contributed by atoms with van der Waals surface area (Å²) in [4.78, 5) is 22.6. The molecule has 4 nitrogen and oxygen atoms in total. The Morgan fingerprint density at radius 1 is 1.00 bits per heavy atom. The number of cyclic esters (lactones) is 2. The maximum absolute atomic E-state index is 11.5. The number of carbonyl (C=O) groups excluding carboxylic acids is 2. The lowest BCUT2D eigenvalue weighted by atomic mass is 9.99. The molecule has 0 N–H and O–H groups in total. The molecule has 0 aromatic heterocycles. The molecule has 14 heavy (non-hydrogen) atoms. The molecular formula is C10H14O4. The number of hydrogen-bond acceptors (Lipinski definition) is 4. The van der Waals surface area contributed by atoms with Crippen molar-refractivity contribution in [1.29, 1.82) is 0 Å². The van der Waals surface area contributed by atoms with Crippen molar-refractivity contribution in [3.63, 3.8) is 0 Å². The van der Waals surface area contributed by atoms with Crippen molar-refractivity contribution < 1.29 is 19.1 Å². The summed E-state index contributed by atoms with van der Waals surface area (Å²) in [6, 6.07) is 0. The molecule has 1 saturated heterocycles. The van der Waals surface area contributed by atoms with Crippen LogP contribution in [-0.4, -0.2) is 25.2 Å². The molecule has 2 fully saturated rings. The predicted octanol–water partition coefficient (Wildman–Crippen LogP) is 1.04. The fourth-order valence-electron chi connectivity index (χ4n) is 1.79. The normalized spacial score (nSPS) is 26.6. The summed E-state index contributed by atoms with van der Waals surface area (Å²) in [5.41, 5.74) is -0.238. The summed E-state index contributed by atoms with van der Waals surface area (Å²) in [6.45, 7) is 0.396. The van der Waals surface area contributed by atoms with Gasteiger partial charge in [-0.15, -0.1) is 0 Å². The highest BCUT2D eigenvalue weighted by Gasteiger charge is 2.50. The molecule has 0 unspecified atom stereocenters. The minimum Gasteiger partial charge on any atom is -0.462 e. The lowest BCUT2D eigenvalue weighted by Gasteiger charge is -2.16. The fraction of sp³-hybridized carbons (Fsp3) is 0.800. The molecule has 1 heterocycles. The molecule has 4 heteroatoms. The van der Waals surface area contributed by atoms with E-state index in [0.717, 1.165) is 25.7 Å². The van der Waals surface area contributed by atoms with Crippen molar-refractivity contribution >= 4 is 11.9 Å². The SMILES string of the molecule is O=C1CCCC2(CC2)C(=O)OCCO1. The van der Waals surface area contributed by atoms with Crippen LogP contribution in [0.15, 0.2) is 0 Å². The summed E-state index contributed by atoms with van der Waals surface area (Å²) in [5, 5.41) is 0. The van der Waals surface area contributed by atoms with Gasteiger partial charge in [-0.3, -0.25) is 9.59 Å². The van der Waals surface area contributed by atoms with Crippen LogP contribution in [0, 0.1) is 5.41 Å². The monoisotopic (exact) mass is 198 g/mol. The first-order valence-corrected chi connectivity index (χ1v) is 5.06. The fourth-order valence-corrected chi connectivity index (χ4v) is 1.79. The molecule has 1 saturated carbocycles. The van der Waals surface area contributed by atoms with Gasteiger partial charge < -0.3 is 9.47 Å². The zero-order valence-corrected chi connectivity index (χ0v) is 8.08. The van der Waals surface area contributed by atoms with Crippen molar-refractivity contribution in [3.05, 3.63) is 0 Å². The van der Waals surface area contributed by atoms with Gasteiger partial charge in [0.15, 0.2) is 0 Å². The Bertz CT molecular complexity index is 255. The number of rotatable bonds is 0. The third kappa shape index (κ3) is 1.89. The molecule has 0 aromatic rings. The molecule has 0 amide bonds. The van der Waals surface area contributed by atoms with Crippen LogP contribution in [0.4, 0.5) is 0 Å². The minimum atomic E-state index is -0.238. The van der Waals surface area contributed by atoms with Crippen LogP contribution in [0.1, 0.15) is 32.1 Å². The molecule has 0 bridgehead atoms. The maximum atomic E-state index is 11.5. The third-order valence-corrected chi connectivity index (χ3v) is 2.90. The van der Waals surface area contributed by atoms with Gasteiger partial charge in [0.1, 0.15) is 13.2 Å². The van der Waals surface area contributed by atoms with Gasteiger partial charge in [-0.1, -0.05) is 0 Å². The topological polar surface area (TPSA) is 52.6 Å². The lowest BCUT2D eigenvalue weighted by Crippen LogP contribution is -2.23. The van der Waals surface area contributed by atoms with Crippen LogP contribution in [0.2, 0.25) is 0 Å². The summed E-state index contributed by atoms with van der Waals surface area (Å²) < 4.78 is 9.87. The standard InChI is InChI=1S/C10H14O4/c11-8-2-1-3-10(4-5-10)9(12)14-7-6-13-8/h1-7H2. The van der Waals surface area contributed by atoms with Crippen molar-refractivity contribution in [1.82, 2.24) is 0 Å². The highest BCUT2D eigenvalue weighted by atomic mass is 16.6. The molecule has 2 rings (SSSR count). The quantitative estimate of drug-likeness (QED) is 0.546. The summed E-state index contributed by atoms with van der Waals surface area (Å²) in [5.74, 6) is -0.283. The molecule has 78 valence electrons. The first-order chi connectivity index (χ1) is 6.73. The van der Waals surface area contributed by atoms with Gasteiger partial charge in [0.2, 0.25) is 0 Å². The Labute approximate surface area is 82.6 Å². The van der Waals surface area contributed by atoms with Gasteiger partial charge in [-0.25, -0.2) is 0 Å². The lowest BCUT2D eigenvalue weighted by molar-refractivity contribution is -0.158. The average molecular weight is 198 g/mol. The predicted molar refractivity (Wildman–Crippen MR) is 47.4 cm³/mol. The molecule has 1 aliphatic heterocycles. The first kappa shape index (κ1) is 9.49. The molecule has 1 aliphatic carbocycles. The second-order valence-electron chi connectivity index (χ2n) is 3.99. The van der Waals surface area contributed by atoms with Crippen molar-refractivity contribution in [2.45, 2.75) is 32.1 Å². The van der Waals surface area contributed by atoms with Crippen molar-refractivity contribution in [2.24, 2.45) is 5.41 Å². The van der Waals surface area contributed by atoms with Gasteiger partial charge in [-0.2, -0.15) is 0 Å². The van der Waals surface area contributed by atoms with Gasteiger partial charge in [-0.05, 0) is 25.7 Å². The molecule has 0 radical (unpaired) electrons. The highest BCUT2D eigenvalue weighted by molar-refractivity contribution is 5.80.